The van der Waals surface area contributed by atoms with Crippen LogP contribution in [0.1, 0.15) is 19.8 Å². The summed E-state index contributed by atoms with van der Waals surface area (Å²) in [7, 11) is 0. The second-order valence-electron chi connectivity index (χ2n) is 5.19. The normalized spacial score (nSPS) is 24.5. The lowest BCUT2D eigenvalue weighted by atomic mass is 10.1. The Morgan fingerprint density at radius 2 is 2.12 bits per heavy atom. The molecule has 1 atom stereocenters. The van der Waals surface area contributed by atoms with Crippen molar-refractivity contribution < 1.29 is 9.90 Å². The zero-order valence-corrected chi connectivity index (χ0v) is 10.6. The quantitative estimate of drug-likeness (QED) is 0.734. The molecule has 98 valence electrons. The van der Waals surface area contributed by atoms with Gasteiger partial charge in [0.05, 0.1) is 0 Å². The van der Waals surface area contributed by atoms with Crippen LogP contribution >= 0.6 is 0 Å². The molecular formula is C12H23N3O2. The number of aliphatic hydroxyl groups excluding tert-OH is 1. The van der Waals surface area contributed by atoms with Crippen molar-refractivity contribution in [1.82, 2.24) is 15.1 Å². The van der Waals surface area contributed by atoms with Crippen LogP contribution in [-0.2, 0) is 0 Å². The topological polar surface area (TPSA) is 55.8 Å². The number of carbonyl (C=O) groups excluding carboxylic acids is 1. The van der Waals surface area contributed by atoms with Gasteiger partial charge in [-0.1, -0.05) is 6.92 Å². The first-order valence-corrected chi connectivity index (χ1v) is 6.59. The molecule has 0 aromatic rings. The van der Waals surface area contributed by atoms with Gasteiger partial charge in [-0.05, 0) is 31.8 Å². The molecule has 2 N–H and O–H groups in total. The van der Waals surface area contributed by atoms with Gasteiger partial charge in [-0.25, -0.2) is 4.79 Å². The average molecular weight is 241 g/mol. The third-order valence-electron chi connectivity index (χ3n) is 3.72. The highest BCUT2D eigenvalue weighted by Crippen LogP contribution is 2.19. The molecule has 5 nitrogen and oxygen atoms in total. The minimum atomic E-state index is 0.150. The fraction of sp³-hybridized carbons (Fsp3) is 0.917. The van der Waals surface area contributed by atoms with Crippen molar-refractivity contribution >= 4 is 6.03 Å². The van der Waals surface area contributed by atoms with Crippen LogP contribution in [0.3, 0.4) is 0 Å². The number of hydrogen-bond donors (Lipinski definition) is 2. The van der Waals surface area contributed by atoms with Crippen molar-refractivity contribution in [3.05, 3.63) is 0 Å². The molecule has 0 aromatic heterocycles. The maximum atomic E-state index is 12.2. The predicted molar refractivity (Wildman–Crippen MR) is 65.8 cm³/mol. The zero-order valence-electron chi connectivity index (χ0n) is 10.6. The van der Waals surface area contributed by atoms with Crippen LogP contribution in [0.2, 0.25) is 0 Å². The van der Waals surface area contributed by atoms with Crippen LogP contribution < -0.4 is 5.32 Å². The number of urea groups is 1. The summed E-state index contributed by atoms with van der Waals surface area (Å²) in [5.74, 6) is 0.173. The summed E-state index contributed by atoms with van der Waals surface area (Å²) in [5, 5.41) is 12.4. The summed E-state index contributed by atoms with van der Waals surface area (Å²) in [6, 6.07) is 0.579. The largest absolute Gasteiger partial charge is 0.396 e. The van der Waals surface area contributed by atoms with Crippen LogP contribution in [0, 0.1) is 5.92 Å². The molecule has 0 radical (unpaired) electrons. The third kappa shape index (κ3) is 2.90. The maximum absolute atomic E-state index is 12.2. The first-order valence-electron chi connectivity index (χ1n) is 6.59. The lowest BCUT2D eigenvalue weighted by molar-refractivity contribution is 0.154. The van der Waals surface area contributed by atoms with E-state index in [-0.39, 0.29) is 18.6 Å². The molecule has 2 rings (SSSR count). The van der Waals surface area contributed by atoms with E-state index in [0.717, 1.165) is 39.0 Å². The lowest BCUT2D eigenvalue weighted by Crippen LogP contribution is -2.45. The molecular weight excluding hydrogens is 218 g/mol. The van der Waals surface area contributed by atoms with Gasteiger partial charge in [-0.2, -0.15) is 0 Å². The van der Waals surface area contributed by atoms with E-state index < -0.39 is 0 Å². The number of aliphatic hydroxyl groups is 1. The Labute approximate surface area is 103 Å². The van der Waals surface area contributed by atoms with E-state index >= 15 is 0 Å². The number of piperidine rings is 1. The fourth-order valence-electron chi connectivity index (χ4n) is 2.66. The monoisotopic (exact) mass is 241 g/mol. The van der Waals surface area contributed by atoms with Crippen molar-refractivity contribution in [3.8, 4) is 0 Å². The Kier molecular flexibility index (Phi) is 4.23. The number of nitrogens with one attached hydrogen (secondary N) is 1. The van der Waals surface area contributed by atoms with E-state index in [1.807, 2.05) is 16.7 Å². The van der Waals surface area contributed by atoms with E-state index in [0.29, 0.717) is 12.6 Å². The molecule has 0 aliphatic carbocycles. The molecule has 0 bridgehead atoms. The summed E-state index contributed by atoms with van der Waals surface area (Å²) in [6.45, 7) is 6.49. The lowest BCUT2D eigenvalue weighted by Gasteiger charge is -2.31. The highest BCUT2D eigenvalue weighted by atomic mass is 16.3. The Morgan fingerprint density at radius 3 is 2.76 bits per heavy atom. The molecule has 2 aliphatic heterocycles. The minimum absolute atomic E-state index is 0.150. The van der Waals surface area contributed by atoms with Crippen molar-refractivity contribution in [1.29, 1.82) is 0 Å². The third-order valence-corrected chi connectivity index (χ3v) is 3.72. The molecule has 1 unspecified atom stereocenters. The van der Waals surface area contributed by atoms with Gasteiger partial charge < -0.3 is 20.2 Å². The van der Waals surface area contributed by atoms with Gasteiger partial charge >= 0.3 is 6.03 Å². The number of amides is 2. The van der Waals surface area contributed by atoms with Gasteiger partial charge in [0.15, 0.2) is 0 Å². The molecule has 17 heavy (non-hydrogen) atoms. The Morgan fingerprint density at radius 1 is 1.41 bits per heavy atom. The van der Waals surface area contributed by atoms with Crippen molar-refractivity contribution in [2.45, 2.75) is 25.8 Å². The summed E-state index contributed by atoms with van der Waals surface area (Å²) in [4.78, 5) is 16.1. The maximum Gasteiger partial charge on any atom is 0.320 e. The van der Waals surface area contributed by atoms with Gasteiger partial charge in [0.2, 0.25) is 0 Å². The highest BCUT2D eigenvalue weighted by Gasteiger charge is 2.34. The van der Waals surface area contributed by atoms with E-state index in [1.165, 1.54) is 0 Å². The number of carbonyl (C=O) groups is 1. The summed E-state index contributed by atoms with van der Waals surface area (Å²) in [5.41, 5.74) is 0. The molecule has 2 aliphatic rings. The number of nitrogens with zero attached hydrogens (tertiary/aromatic N) is 2. The molecule has 5 heteroatoms. The van der Waals surface area contributed by atoms with Crippen LogP contribution in [0.15, 0.2) is 0 Å². The predicted octanol–water partition coefficient (Wildman–Crippen LogP) is 0.104. The van der Waals surface area contributed by atoms with E-state index in [9.17, 15) is 4.79 Å². The van der Waals surface area contributed by atoms with Crippen molar-refractivity contribution in [2.24, 2.45) is 5.92 Å². The van der Waals surface area contributed by atoms with Gasteiger partial charge in [-0.3, -0.25) is 0 Å². The first kappa shape index (κ1) is 12.6. The summed E-state index contributed by atoms with van der Waals surface area (Å²) < 4.78 is 0. The molecule has 0 aromatic carbocycles. The molecule has 2 heterocycles. The van der Waals surface area contributed by atoms with Gasteiger partial charge in [0, 0.05) is 32.3 Å². The minimum Gasteiger partial charge on any atom is -0.396 e. The molecule has 2 saturated heterocycles. The summed E-state index contributed by atoms with van der Waals surface area (Å²) >= 11 is 0. The first-order chi connectivity index (χ1) is 8.22. The second kappa shape index (κ2) is 5.69. The van der Waals surface area contributed by atoms with E-state index in [2.05, 4.69) is 5.32 Å². The SMILES string of the molecule is CC(CO)CN1CCN(C2CCNCC2)C1=O. The molecule has 2 amide bonds. The number of hydrogen-bond acceptors (Lipinski definition) is 3. The van der Waals surface area contributed by atoms with E-state index in [1.54, 1.807) is 0 Å². The second-order valence-corrected chi connectivity index (χ2v) is 5.19. The Hall–Kier alpha value is -0.810. The van der Waals surface area contributed by atoms with Crippen LogP contribution in [0.25, 0.3) is 0 Å². The van der Waals surface area contributed by atoms with Gasteiger partial charge in [-0.15, -0.1) is 0 Å². The van der Waals surface area contributed by atoms with Crippen molar-refractivity contribution in [3.63, 3.8) is 0 Å². The van der Waals surface area contributed by atoms with E-state index in [4.69, 9.17) is 5.11 Å². The Bertz CT molecular complexity index is 266. The molecule has 0 spiro atoms. The molecule has 0 saturated carbocycles. The Balaban J connectivity index is 1.88. The number of rotatable bonds is 4. The van der Waals surface area contributed by atoms with Crippen molar-refractivity contribution in [2.75, 3.05) is 39.3 Å². The van der Waals surface area contributed by atoms with Crippen LogP contribution in [-0.4, -0.2) is 66.3 Å². The fourth-order valence-corrected chi connectivity index (χ4v) is 2.66. The summed E-state index contributed by atoms with van der Waals surface area (Å²) in [6.07, 6.45) is 2.13. The van der Waals surface area contributed by atoms with Gasteiger partial charge in [0.25, 0.3) is 0 Å². The van der Waals surface area contributed by atoms with Crippen LogP contribution in [0.4, 0.5) is 4.79 Å². The zero-order chi connectivity index (χ0) is 12.3. The van der Waals surface area contributed by atoms with Gasteiger partial charge in [0.1, 0.15) is 0 Å². The smallest absolute Gasteiger partial charge is 0.320 e. The molecule has 2 fully saturated rings. The average Bonchev–Trinajstić information content (AvgIpc) is 2.72. The van der Waals surface area contributed by atoms with Crippen LogP contribution in [0.5, 0.6) is 0 Å². The standard InChI is InChI=1S/C12H23N3O2/c1-10(9-16)8-14-6-7-15(12(14)17)11-2-4-13-5-3-11/h10-11,13,16H,2-9H2,1H3. The highest BCUT2D eigenvalue weighted by molar-refractivity contribution is 5.76.